The Morgan fingerprint density at radius 2 is 1.59 bits per heavy atom. The molecule has 2 aromatic carbocycles. The molecule has 0 saturated carbocycles. The maximum absolute atomic E-state index is 12.5. The molecule has 0 heterocycles. The van der Waals surface area contributed by atoms with Gasteiger partial charge < -0.3 is 15.4 Å². The van der Waals surface area contributed by atoms with Crippen LogP contribution >= 0.6 is 0 Å². The van der Waals surface area contributed by atoms with E-state index in [0.717, 1.165) is 11.3 Å². The van der Waals surface area contributed by atoms with E-state index in [4.69, 9.17) is 4.74 Å². The molecule has 2 rings (SSSR count). The van der Waals surface area contributed by atoms with Gasteiger partial charge in [-0.1, -0.05) is 12.1 Å². The molecule has 0 spiro atoms. The monoisotopic (exact) mass is 419 g/mol. The van der Waals surface area contributed by atoms with Gasteiger partial charge >= 0.3 is 6.03 Å². The fourth-order valence-corrected chi connectivity index (χ4v) is 3.84. The van der Waals surface area contributed by atoms with Crippen LogP contribution in [0.15, 0.2) is 53.4 Å². The number of ether oxygens (including phenoxy) is 1. The predicted molar refractivity (Wildman–Crippen MR) is 115 cm³/mol. The maximum atomic E-state index is 12.5. The summed E-state index contributed by atoms with van der Waals surface area (Å²) in [5.74, 6) is 0.784. The number of nitrogens with zero attached hydrogens (tertiary/aromatic N) is 1. The fraction of sp³-hybridized carbons (Fsp3) is 0.381. The highest BCUT2D eigenvalue weighted by Crippen LogP contribution is 2.19. The SMILES string of the molecule is CC(C)Oc1ccc(CNC(=O)Nc2ccc(S(=O)(=O)N(C)C(C)C)cc2)cc1. The van der Waals surface area contributed by atoms with Crippen LogP contribution in [-0.4, -0.2) is 37.9 Å². The first-order valence-corrected chi connectivity index (χ1v) is 10.9. The van der Waals surface area contributed by atoms with Crippen molar-refractivity contribution in [2.24, 2.45) is 0 Å². The van der Waals surface area contributed by atoms with E-state index < -0.39 is 10.0 Å². The molecule has 158 valence electrons. The van der Waals surface area contributed by atoms with Crippen molar-refractivity contribution in [3.63, 3.8) is 0 Å². The van der Waals surface area contributed by atoms with Crippen molar-refractivity contribution < 1.29 is 17.9 Å². The molecule has 0 unspecified atom stereocenters. The molecule has 0 saturated heterocycles. The van der Waals surface area contributed by atoms with Crippen LogP contribution in [0.5, 0.6) is 5.75 Å². The van der Waals surface area contributed by atoms with Crippen molar-refractivity contribution in [1.82, 2.24) is 9.62 Å². The molecule has 0 aliphatic carbocycles. The molecule has 0 atom stereocenters. The second kappa shape index (κ2) is 9.76. The third-order valence-electron chi connectivity index (χ3n) is 4.26. The van der Waals surface area contributed by atoms with Crippen molar-refractivity contribution in [1.29, 1.82) is 0 Å². The summed E-state index contributed by atoms with van der Waals surface area (Å²) in [5.41, 5.74) is 1.45. The Morgan fingerprint density at radius 3 is 2.10 bits per heavy atom. The van der Waals surface area contributed by atoms with E-state index in [1.807, 2.05) is 52.0 Å². The normalized spacial score (nSPS) is 11.7. The topological polar surface area (TPSA) is 87.7 Å². The Hall–Kier alpha value is -2.58. The molecule has 29 heavy (non-hydrogen) atoms. The quantitative estimate of drug-likeness (QED) is 0.681. The van der Waals surface area contributed by atoms with Gasteiger partial charge in [-0.25, -0.2) is 13.2 Å². The number of nitrogens with one attached hydrogen (secondary N) is 2. The average Bonchev–Trinajstić information content (AvgIpc) is 2.66. The molecular weight excluding hydrogens is 390 g/mol. The van der Waals surface area contributed by atoms with Gasteiger partial charge in [0.15, 0.2) is 0 Å². The van der Waals surface area contributed by atoms with Crippen LogP contribution in [0, 0.1) is 0 Å². The lowest BCUT2D eigenvalue weighted by atomic mass is 10.2. The van der Waals surface area contributed by atoms with E-state index in [-0.39, 0.29) is 23.1 Å². The minimum Gasteiger partial charge on any atom is -0.491 e. The highest BCUT2D eigenvalue weighted by molar-refractivity contribution is 7.89. The van der Waals surface area contributed by atoms with E-state index in [1.54, 1.807) is 19.2 Å². The van der Waals surface area contributed by atoms with Crippen molar-refractivity contribution in [3.05, 3.63) is 54.1 Å². The Morgan fingerprint density at radius 1 is 1.00 bits per heavy atom. The summed E-state index contributed by atoms with van der Waals surface area (Å²) in [6.07, 6.45) is 0.108. The summed E-state index contributed by atoms with van der Waals surface area (Å²) >= 11 is 0. The van der Waals surface area contributed by atoms with Crippen LogP contribution < -0.4 is 15.4 Å². The standard InChI is InChI=1S/C21H29N3O4S/c1-15(2)24(5)29(26,27)20-12-8-18(9-13-20)23-21(25)22-14-17-6-10-19(11-7-17)28-16(3)4/h6-13,15-16H,14H2,1-5H3,(H2,22,23,25). The van der Waals surface area contributed by atoms with Crippen LogP contribution in [0.25, 0.3) is 0 Å². The van der Waals surface area contributed by atoms with Crippen LogP contribution in [0.1, 0.15) is 33.3 Å². The molecule has 0 bridgehead atoms. The van der Waals surface area contributed by atoms with Crippen molar-refractivity contribution >= 4 is 21.7 Å². The van der Waals surface area contributed by atoms with E-state index in [0.29, 0.717) is 12.2 Å². The Kier molecular flexibility index (Phi) is 7.64. The number of benzene rings is 2. The minimum absolute atomic E-state index is 0.108. The molecule has 0 aliphatic rings. The summed E-state index contributed by atoms with van der Waals surface area (Å²) in [6.45, 7) is 7.90. The molecule has 0 radical (unpaired) electrons. The first-order valence-electron chi connectivity index (χ1n) is 9.48. The largest absolute Gasteiger partial charge is 0.491 e. The number of rotatable bonds is 8. The smallest absolute Gasteiger partial charge is 0.319 e. The van der Waals surface area contributed by atoms with E-state index in [9.17, 15) is 13.2 Å². The van der Waals surface area contributed by atoms with E-state index >= 15 is 0 Å². The van der Waals surface area contributed by atoms with E-state index in [2.05, 4.69) is 10.6 Å². The van der Waals surface area contributed by atoms with Crippen molar-refractivity contribution in [2.45, 2.75) is 51.3 Å². The van der Waals surface area contributed by atoms with Crippen LogP contribution in [-0.2, 0) is 16.6 Å². The van der Waals surface area contributed by atoms with Gasteiger partial charge in [0.25, 0.3) is 0 Å². The van der Waals surface area contributed by atoms with Crippen molar-refractivity contribution in [2.75, 3.05) is 12.4 Å². The zero-order chi connectivity index (χ0) is 21.6. The molecule has 2 N–H and O–H groups in total. The van der Waals surface area contributed by atoms with Crippen LogP contribution in [0.2, 0.25) is 0 Å². The highest BCUT2D eigenvalue weighted by atomic mass is 32.2. The first-order chi connectivity index (χ1) is 13.6. The minimum atomic E-state index is -3.55. The molecular formula is C21H29N3O4S. The van der Waals surface area contributed by atoms with Gasteiger partial charge in [0, 0.05) is 25.3 Å². The van der Waals surface area contributed by atoms with E-state index in [1.165, 1.54) is 16.4 Å². The van der Waals surface area contributed by atoms with Gasteiger partial charge in [0.2, 0.25) is 10.0 Å². The summed E-state index contributed by atoms with van der Waals surface area (Å²) in [7, 11) is -2.00. The zero-order valence-electron chi connectivity index (χ0n) is 17.5. The van der Waals surface area contributed by atoms with Gasteiger partial charge in [-0.05, 0) is 69.7 Å². The van der Waals surface area contributed by atoms with Gasteiger partial charge in [-0.15, -0.1) is 0 Å². The molecule has 2 amide bonds. The van der Waals surface area contributed by atoms with Gasteiger partial charge in [-0.3, -0.25) is 0 Å². The number of hydrogen-bond acceptors (Lipinski definition) is 4. The highest BCUT2D eigenvalue weighted by Gasteiger charge is 2.22. The van der Waals surface area contributed by atoms with Gasteiger partial charge in [-0.2, -0.15) is 4.31 Å². The molecule has 7 nitrogen and oxygen atoms in total. The third kappa shape index (κ3) is 6.47. The summed E-state index contributed by atoms with van der Waals surface area (Å²) < 4.78 is 31.8. The Labute approximate surface area is 173 Å². The van der Waals surface area contributed by atoms with Crippen LogP contribution in [0.4, 0.5) is 10.5 Å². The summed E-state index contributed by atoms with van der Waals surface area (Å²) in [6, 6.07) is 13.1. The number of carbonyl (C=O) groups excluding carboxylic acids is 1. The molecule has 2 aromatic rings. The number of hydrogen-bond donors (Lipinski definition) is 2. The summed E-state index contributed by atoms with van der Waals surface area (Å²) in [5, 5.41) is 5.47. The lowest BCUT2D eigenvalue weighted by Crippen LogP contribution is -2.33. The predicted octanol–water partition coefficient (Wildman–Crippen LogP) is 3.82. The second-order valence-electron chi connectivity index (χ2n) is 7.26. The maximum Gasteiger partial charge on any atom is 0.319 e. The number of anilines is 1. The Balaban J connectivity index is 1.91. The summed E-state index contributed by atoms with van der Waals surface area (Å²) in [4.78, 5) is 12.3. The first kappa shape index (κ1) is 22.7. The molecule has 8 heteroatoms. The molecule has 0 aliphatic heterocycles. The lowest BCUT2D eigenvalue weighted by Gasteiger charge is -2.21. The van der Waals surface area contributed by atoms with Gasteiger partial charge in [0.05, 0.1) is 11.0 Å². The third-order valence-corrected chi connectivity index (χ3v) is 6.31. The average molecular weight is 420 g/mol. The number of amides is 2. The van der Waals surface area contributed by atoms with Gasteiger partial charge in [0.1, 0.15) is 5.75 Å². The van der Waals surface area contributed by atoms with Crippen molar-refractivity contribution in [3.8, 4) is 5.75 Å². The molecule has 0 aromatic heterocycles. The lowest BCUT2D eigenvalue weighted by molar-refractivity contribution is 0.242. The fourth-order valence-electron chi connectivity index (χ4n) is 2.47. The molecule has 0 fully saturated rings. The van der Waals surface area contributed by atoms with Crippen LogP contribution in [0.3, 0.4) is 0 Å². The number of sulfonamides is 1. The number of carbonyl (C=O) groups is 1. The Bertz CT molecular complexity index is 908. The second-order valence-corrected chi connectivity index (χ2v) is 9.26. The number of urea groups is 1. The zero-order valence-corrected chi connectivity index (χ0v) is 18.3.